The van der Waals surface area contributed by atoms with Crippen LogP contribution < -0.4 is 0 Å². The normalized spacial score (nSPS) is 41.0. The number of aliphatic hydroxyl groups is 7. The van der Waals surface area contributed by atoms with Crippen LogP contribution in [0.1, 0.15) is 10.4 Å². The smallest absolute Gasteiger partial charge is 0.338 e. The topological polar surface area (TPSA) is 196 Å². The maximum atomic E-state index is 12.1. The molecule has 0 aromatic heterocycles. The molecule has 3 rings (SSSR count). The Balaban J connectivity index is 1.57. The molecule has 31 heavy (non-hydrogen) atoms. The first-order chi connectivity index (χ1) is 14.7. The summed E-state index contributed by atoms with van der Waals surface area (Å²) in [5.41, 5.74) is 0.268. The molecule has 1 unspecified atom stereocenters. The van der Waals surface area contributed by atoms with E-state index in [0.29, 0.717) is 0 Å². The van der Waals surface area contributed by atoms with E-state index in [2.05, 4.69) is 0 Å². The largest absolute Gasteiger partial charge is 0.459 e. The summed E-state index contributed by atoms with van der Waals surface area (Å²) in [6, 6.07) is 8.05. The van der Waals surface area contributed by atoms with Crippen LogP contribution in [-0.4, -0.2) is 116 Å². The number of aliphatic hydroxyl groups excluding tert-OH is 7. The molecule has 0 saturated carbocycles. The zero-order valence-corrected chi connectivity index (χ0v) is 16.2. The van der Waals surface area contributed by atoms with Crippen LogP contribution in [0.25, 0.3) is 0 Å². The average molecular weight is 446 g/mol. The molecule has 0 spiro atoms. The fourth-order valence-electron chi connectivity index (χ4n) is 3.27. The highest BCUT2D eigenvalue weighted by Gasteiger charge is 2.47. The maximum absolute atomic E-state index is 12.1. The fraction of sp³-hybridized carbons (Fsp3) is 0.632. The third kappa shape index (κ3) is 5.38. The van der Waals surface area contributed by atoms with Crippen molar-refractivity contribution in [3.05, 3.63) is 35.9 Å². The van der Waals surface area contributed by atoms with Crippen molar-refractivity contribution in [2.24, 2.45) is 0 Å². The second kappa shape index (κ2) is 10.3. The van der Waals surface area contributed by atoms with Gasteiger partial charge in [-0.1, -0.05) is 18.2 Å². The molecule has 174 valence electrons. The van der Waals surface area contributed by atoms with Crippen LogP contribution in [0.15, 0.2) is 30.3 Å². The Kier molecular flexibility index (Phi) is 7.93. The fourth-order valence-corrected chi connectivity index (χ4v) is 3.27. The molecule has 0 radical (unpaired) electrons. The van der Waals surface area contributed by atoms with Gasteiger partial charge in [0, 0.05) is 0 Å². The quantitative estimate of drug-likeness (QED) is 0.213. The van der Waals surface area contributed by atoms with E-state index < -0.39 is 80.6 Å². The first kappa shape index (κ1) is 23.9. The number of hydrogen-bond acceptors (Lipinski definition) is 12. The van der Waals surface area contributed by atoms with Gasteiger partial charge in [-0.2, -0.15) is 0 Å². The lowest BCUT2D eigenvalue weighted by molar-refractivity contribution is -0.325. The van der Waals surface area contributed by atoms with Crippen molar-refractivity contribution in [3.8, 4) is 0 Å². The molecule has 12 nitrogen and oxygen atoms in total. The molecule has 1 aromatic rings. The van der Waals surface area contributed by atoms with Crippen molar-refractivity contribution in [2.45, 2.75) is 61.4 Å². The van der Waals surface area contributed by atoms with Crippen molar-refractivity contribution in [3.63, 3.8) is 0 Å². The molecule has 2 heterocycles. The van der Waals surface area contributed by atoms with Crippen molar-refractivity contribution in [2.75, 3.05) is 13.2 Å². The number of esters is 1. The Hall–Kier alpha value is -1.71. The van der Waals surface area contributed by atoms with E-state index in [9.17, 15) is 40.5 Å². The van der Waals surface area contributed by atoms with Crippen LogP contribution in [0.5, 0.6) is 0 Å². The lowest BCUT2D eigenvalue weighted by Crippen LogP contribution is -2.61. The van der Waals surface area contributed by atoms with Crippen molar-refractivity contribution >= 4 is 5.97 Å². The molecule has 10 atom stereocenters. The minimum absolute atomic E-state index is 0.268. The average Bonchev–Trinajstić information content (AvgIpc) is 2.78. The van der Waals surface area contributed by atoms with E-state index in [4.69, 9.17) is 18.9 Å². The van der Waals surface area contributed by atoms with Crippen molar-refractivity contribution in [1.82, 2.24) is 0 Å². The van der Waals surface area contributed by atoms with Gasteiger partial charge in [0.25, 0.3) is 0 Å². The molecular formula is C19H26O12. The molecule has 2 aliphatic rings. The van der Waals surface area contributed by atoms with Crippen LogP contribution in [0.3, 0.4) is 0 Å². The molecule has 0 amide bonds. The minimum Gasteiger partial charge on any atom is -0.459 e. The summed E-state index contributed by atoms with van der Waals surface area (Å²) in [4.78, 5) is 12.1. The van der Waals surface area contributed by atoms with Gasteiger partial charge in [0.15, 0.2) is 12.6 Å². The van der Waals surface area contributed by atoms with Gasteiger partial charge in [-0.05, 0) is 12.1 Å². The standard InChI is InChI=1S/C19H26O12/c20-11-9(30-18(27)15(24)13(11)22)7-29-19-16(25)14(23)12(21)10(31-19)6-28-17(26)8-4-2-1-3-5-8/h1-5,9-16,18-25,27H,6-7H2/t9-,10-,11-,12-,13+,14+,15-,16-,18?,19-/m1/s1. The Labute approximate surface area is 176 Å². The maximum Gasteiger partial charge on any atom is 0.338 e. The van der Waals surface area contributed by atoms with Crippen LogP contribution in [-0.2, 0) is 18.9 Å². The SMILES string of the molecule is O=C(OC[C@H]1O[C@@H](OC[C@H]2OC(O)[C@H](O)[C@@H](O)[C@@H]2O)[C@H](O)[C@@H](O)[C@@H]1O)c1ccccc1. The summed E-state index contributed by atoms with van der Waals surface area (Å²) >= 11 is 0. The minimum atomic E-state index is -1.78. The van der Waals surface area contributed by atoms with Gasteiger partial charge < -0.3 is 54.7 Å². The second-order valence-corrected chi connectivity index (χ2v) is 7.35. The van der Waals surface area contributed by atoms with Gasteiger partial charge in [0.1, 0.15) is 55.4 Å². The lowest BCUT2D eigenvalue weighted by atomic mass is 9.98. The highest BCUT2D eigenvalue weighted by Crippen LogP contribution is 2.25. The zero-order valence-electron chi connectivity index (χ0n) is 16.2. The van der Waals surface area contributed by atoms with Gasteiger partial charge >= 0.3 is 5.97 Å². The number of rotatable bonds is 6. The lowest BCUT2D eigenvalue weighted by Gasteiger charge is -2.42. The van der Waals surface area contributed by atoms with Gasteiger partial charge in [-0.15, -0.1) is 0 Å². The monoisotopic (exact) mass is 446 g/mol. The molecule has 12 heteroatoms. The van der Waals surface area contributed by atoms with E-state index in [1.165, 1.54) is 12.1 Å². The summed E-state index contributed by atoms with van der Waals surface area (Å²) in [5, 5.41) is 69.0. The predicted molar refractivity (Wildman–Crippen MR) is 98.3 cm³/mol. The van der Waals surface area contributed by atoms with Crippen molar-refractivity contribution in [1.29, 1.82) is 0 Å². The number of benzene rings is 1. The van der Waals surface area contributed by atoms with E-state index in [0.717, 1.165) is 0 Å². The molecular weight excluding hydrogens is 420 g/mol. The molecule has 0 bridgehead atoms. The van der Waals surface area contributed by atoms with Crippen LogP contribution in [0.4, 0.5) is 0 Å². The van der Waals surface area contributed by atoms with E-state index in [-0.39, 0.29) is 5.56 Å². The first-order valence-electron chi connectivity index (χ1n) is 9.62. The molecule has 0 aliphatic carbocycles. The summed E-state index contributed by atoms with van der Waals surface area (Å²) in [6.07, 6.45) is -15.8. The van der Waals surface area contributed by atoms with Gasteiger partial charge in [0.2, 0.25) is 0 Å². The van der Waals surface area contributed by atoms with Crippen LogP contribution in [0.2, 0.25) is 0 Å². The third-order valence-electron chi connectivity index (χ3n) is 5.17. The predicted octanol–water partition coefficient (Wildman–Crippen LogP) is -3.53. The number of carbonyl (C=O) groups is 1. The number of ether oxygens (including phenoxy) is 4. The third-order valence-corrected chi connectivity index (χ3v) is 5.17. The highest BCUT2D eigenvalue weighted by atomic mass is 16.7. The van der Waals surface area contributed by atoms with Gasteiger partial charge in [0.05, 0.1) is 12.2 Å². The summed E-state index contributed by atoms with van der Waals surface area (Å²) in [7, 11) is 0. The molecule has 2 aliphatic heterocycles. The van der Waals surface area contributed by atoms with Gasteiger partial charge in [-0.25, -0.2) is 4.79 Å². The zero-order chi connectivity index (χ0) is 22.7. The molecule has 1 aromatic carbocycles. The number of carbonyl (C=O) groups excluding carboxylic acids is 1. The molecule has 7 N–H and O–H groups in total. The molecule has 2 fully saturated rings. The Morgan fingerprint density at radius 3 is 1.97 bits per heavy atom. The van der Waals surface area contributed by atoms with E-state index >= 15 is 0 Å². The van der Waals surface area contributed by atoms with Crippen LogP contribution >= 0.6 is 0 Å². The Morgan fingerprint density at radius 1 is 0.742 bits per heavy atom. The summed E-state index contributed by atoms with van der Waals surface area (Å²) in [5.74, 6) is -0.685. The van der Waals surface area contributed by atoms with E-state index in [1.807, 2.05) is 0 Å². The highest BCUT2D eigenvalue weighted by molar-refractivity contribution is 5.89. The van der Waals surface area contributed by atoms with Crippen molar-refractivity contribution < 1.29 is 59.5 Å². The Bertz CT molecular complexity index is 717. The second-order valence-electron chi connectivity index (χ2n) is 7.35. The number of hydrogen-bond donors (Lipinski definition) is 7. The molecule has 2 saturated heterocycles. The summed E-state index contributed by atoms with van der Waals surface area (Å²) < 4.78 is 20.8. The van der Waals surface area contributed by atoms with E-state index in [1.54, 1.807) is 18.2 Å². The van der Waals surface area contributed by atoms with Gasteiger partial charge in [-0.3, -0.25) is 0 Å². The summed E-state index contributed by atoms with van der Waals surface area (Å²) in [6.45, 7) is -0.965. The Morgan fingerprint density at radius 2 is 1.32 bits per heavy atom. The van der Waals surface area contributed by atoms with Crippen LogP contribution in [0, 0.1) is 0 Å². The first-order valence-corrected chi connectivity index (χ1v) is 9.62.